The lowest BCUT2D eigenvalue weighted by Gasteiger charge is -2.33. The highest BCUT2D eigenvalue weighted by atomic mass is 19.1. The molecule has 3 rings (SSSR count). The Bertz CT molecular complexity index is 713. The molecule has 0 aromatic heterocycles. The van der Waals surface area contributed by atoms with Crippen LogP contribution >= 0.6 is 0 Å². The molecule has 0 radical (unpaired) electrons. The third-order valence-corrected chi connectivity index (χ3v) is 3.99. The van der Waals surface area contributed by atoms with Gasteiger partial charge in [-0.15, -0.1) is 0 Å². The molecule has 1 amide bonds. The van der Waals surface area contributed by atoms with E-state index < -0.39 is 23.1 Å². The van der Waals surface area contributed by atoms with E-state index in [4.69, 9.17) is 9.47 Å². The maximum atomic E-state index is 14.1. The Balaban J connectivity index is 1.83. The molecule has 1 fully saturated rings. The summed E-state index contributed by atoms with van der Waals surface area (Å²) >= 11 is 0. The van der Waals surface area contributed by atoms with Crippen molar-refractivity contribution >= 4 is 5.91 Å². The Labute approximate surface area is 138 Å². The van der Waals surface area contributed by atoms with E-state index in [9.17, 15) is 13.6 Å². The molecule has 0 bridgehead atoms. The molecule has 1 aliphatic heterocycles. The van der Waals surface area contributed by atoms with Crippen LogP contribution in [0.1, 0.15) is 22.0 Å². The van der Waals surface area contributed by atoms with Crippen LogP contribution in [0.3, 0.4) is 0 Å². The van der Waals surface area contributed by atoms with Crippen molar-refractivity contribution in [2.75, 3.05) is 26.8 Å². The zero-order valence-corrected chi connectivity index (χ0v) is 13.2. The van der Waals surface area contributed by atoms with Gasteiger partial charge in [-0.1, -0.05) is 30.3 Å². The molecule has 0 spiro atoms. The molecule has 24 heavy (non-hydrogen) atoms. The molecule has 2 aromatic carbocycles. The lowest BCUT2D eigenvalue weighted by atomic mass is 10.1. The lowest BCUT2D eigenvalue weighted by molar-refractivity contribution is -0.0231. The molecule has 1 saturated heterocycles. The molecule has 126 valence electrons. The summed E-state index contributed by atoms with van der Waals surface area (Å²) in [5.41, 5.74) is 0.357. The summed E-state index contributed by atoms with van der Waals surface area (Å²) in [6.07, 6.45) is -0.312. The smallest absolute Gasteiger partial charge is 0.260 e. The first kappa shape index (κ1) is 16.4. The van der Waals surface area contributed by atoms with Crippen molar-refractivity contribution in [3.63, 3.8) is 0 Å². The quantitative estimate of drug-likeness (QED) is 0.866. The number of halogens is 2. The van der Waals surface area contributed by atoms with Gasteiger partial charge in [0.1, 0.15) is 29.1 Å². The molecule has 0 aliphatic carbocycles. The Hall–Kier alpha value is -2.47. The Morgan fingerprint density at radius 1 is 1.21 bits per heavy atom. The second kappa shape index (κ2) is 6.97. The highest BCUT2D eigenvalue weighted by Gasteiger charge is 2.29. The highest BCUT2D eigenvalue weighted by molar-refractivity contribution is 5.95. The van der Waals surface area contributed by atoms with E-state index in [1.807, 2.05) is 30.3 Å². The number of benzene rings is 2. The molecule has 1 unspecified atom stereocenters. The number of morpholine rings is 1. The van der Waals surface area contributed by atoms with E-state index in [-0.39, 0.29) is 24.9 Å². The van der Waals surface area contributed by atoms with E-state index in [0.717, 1.165) is 17.7 Å². The van der Waals surface area contributed by atoms with Gasteiger partial charge in [0.2, 0.25) is 0 Å². The number of methoxy groups -OCH3 is 1. The van der Waals surface area contributed by atoms with Crippen LogP contribution in [-0.4, -0.2) is 37.6 Å². The minimum absolute atomic E-state index is 0.0330. The summed E-state index contributed by atoms with van der Waals surface area (Å²) in [7, 11) is 1.31. The van der Waals surface area contributed by atoms with Gasteiger partial charge in [0.05, 0.1) is 20.3 Å². The lowest BCUT2D eigenvalue weighted by Crippen LogP contribution is -2.42. The number of ether oxygens (including phenoxy) is 2. The average molecular weight is 333 g/mol. The number of carbonyl (C=O) groups excluding carboxylic acids is 1. The van der Waals surface area contributed by atoms with Crippen molar-refractivity contribution in [3.8, 4) is 5.75 Å². The first-order chi connectivity index (χ1) is 11.6. The predicted octanol–water partition coefficient (Wildman–Crippen LogP) is 3.19. The second-order valence-corrected chi connectivity index (χ2v) is 5.49. The fraction of sp³-hybridized carbons (Fsp3) is 0.278. The van der Waals surface area contributed by atoms with Gasteiger partial charge in [0, 0.05) is 18.7 Å². The predicted molar refractivity (Wildman–Crippen MR) is 83.9 cm³/mol. The van der Waals surface area contributed by atoms with Crippen molar-refractivity contribution < 1.29 is 23.0 Å². The zero-order chi connectivity index (χ0) is 17.1. The topological polar surface area (TPSA) is 38.8 Å². The van der Waals surface area contributed by atoms with Crippen LogP contribution in [-0.2, 0) is 4.74 Å². The van der Waals surface area contributed by atoms with Gasteiger partial charge >= 0.3 is 0 Å². The van der Waals surface area contributed by atoms with Gasteiger partial charge < -0.3 is 14.4 Å². The third kappa shape index (κ3) is 3.23. The van der Waals surface area contributed by atoms with Crippen LogP contribution in [0.2, 0.25) is 0 Å². The minimum atomic E-state index is -0.931. The molecule has 4 nitrogen and oxygen atoms in total. The summed E-state index contributed by atoms with van der Waals surface area (Å²) in [6, 6.07) is 11.4. The standard InChI is InChI=1S/C18H17F2NO3/c1-23-13-9-14(19)17(15(20)10-13)18(22)21-7-8-24-16(11-21)12-5-3-2-4-6-12/h2-6,9-10,16H,7-8,11H2,1H3. The van der Waals surface area contributed by atoms with E-state index in [1.54, 1.807) is 0 Å². The number of amides is 1. The maximum absolute atomic E-state index is 14.1. The second-order valence-electron chi connectivity index (χ2n) is 5.49. The van der Waals surface area contributed by atoms with E-state index in [1.165, 1.54) is 12.0 Å². The Morgan fingerprint density at radius 3 is 2.50 bits per heavy atom. The summed E-state index contributed by atoms with van der Waals surface area (Å²) in [4.78, 5) is 14.0. The Morgan fingerprint density at radius 2 is 1.88 bits per heavy atom. The largest absolute Gasteiger partial charge is 0.497 e. The number of carbonyl (C=O) groups is 1. The van der Waals surface area contributed by atoms with Gasteiger partial charge in [-0.25, -0.2) is 8.78 Å². The van der Waals surface area contributed by atoms with Crippen LogP contribution in [0.25, 0.3) is 0 Å². The van der Waals surface area contributed by atoms with E-state index in [2.05, 4.69) is 0 Å². The van der Waals surface area contributed by atoms with Crippen molar-refractivity contribution in [2.45, 2.75) is 6.10 Å². The number of hydrogen-bond donors (Lipinski definition) is 0. The number of rotatable bonds is 3. The average Bonchev–Trinajstić information content (AvgIpc) is 2.61. The molecule has 1 aliphatic rings. The summed E-state index contributed by atoms with van der Waals surface area (Å²) in [5.74, 6) is -2.51. The summed E-state index contributed by atoms with van der Waals surface area (Å²) in [5, 5.41) is 0. The molecule has 0 N–H and O–H groups in total. The zero-order valence-electron chi connectivity index (χ0n) is 13.2. The summed E-state index contributed by atoms with van der Waals surface area (Å²) in [6.45, 7) is 0.839. The van der Waals surface area contributed by atoms with Gasteiger partial charge in [-0.2, -0.15) is 0 Å². The maximum Gasteiger partial charge on any atom is 0.260 e. The number of nitrogens with zero attached hydrogens (tertiary/aromatic N) is 1. The molecule has 1 atom stereocenters. The SMILES string of the molecule is COc1cc(F)c(C(=O)N2CCOC(c3ccccc3)C2)c(F)c1. The first-order valence-corrected chi connectivity index (χ1v) is 7.59. The minimum Gasteiger partial charge on any atom is -0.497 e. The van der Waals surface area contributed by atoms with Crippen molar-refractivity contribution in [1.82, 2.24) is 4.90 Å². The molecule has 1 heterocycles. The van der Waals surface area contributed by atoms with Crippen molar-refractivity contribution in [2.24, 2.45) is 0 Å². The van der Waals surface area contributed by atoms with Gasteiger partial charge in [0.15, 0.2) is 0 Å². The fourth-order valence-electron chi connectivity index (χ4n) is 2.73. The monoisotopic (exact) mass is 333 g/mol. The molecule has 0 saturated carbocycles. The van der Waals surface area contributed by atoms with Crippen LogP contribution in [0.4, 0.5) is 8.78 Å². The van der Waals surface area contributed by atoms with Gasteiger partial charge in [0.25, 0.3) is 5.91 Å². The normalized spacial score (nSPS) is 17.6. The number of hydrogen-bond acceptors (Lipinski definition) is 3. The van der Waals surface area contributed by atoms with Crippen molar-refractivity contribution in [1.29, 1.82) is 0 Å². The van der Waals surface area contributed by atoms with Crippen molar-refractivity contribution in [3.05, 3.63) is 65.2 Å². The van der Waals surface area contributed by atoms with Crippen LogP contribution in [0.15, 0.2) is 42.5 Å². The van der Waals surface area contributed by atoms with Crippen LogP contribution in [0, 0.1) is 11.6 Å². The van der Waals surface area contributed by atoms with E-state index in [0.29, 0.717) is 6.61 Å². The fourth-order valence-corrected chi connectivity index (χ4v) is 2.73. The van der Waals surface area contributed by atoms with Gasteiger partial charge in [-0.05, 0) is 5.56 Å². The Kier molecular flexibility index (Phi) is 4.76. The van der Waals surface area contributed by atoms with Crippen LogP contribution in [0.5, 0.6) is 5.75 Å². The molecule has 2 aromatic rings. The van der Waals surface area contributed by atoms with Crippen LogP contribution < -0.4 is 4.74 Å². The summed E-state index contributed by atoms with van der Waals surface area (Å²) < 4.78 is 38.7. The molecular weight excluding hydrogens is 316 g/mol. The first-order valence-electron chi connectivity index (χ1n) is 7.59. The van der Waals surface area contributed by atoms with E-state index >= 15 is 0 Å². The highest BCUT2D eigenvalue weighted by Crippen LogP contribution is 2.26. The molecular formula is C18H17F2NO3. The molecule has 6 heteroatoms. The third-order valence-electron chi connectivity index (χ3n) is 3.99. The van der Waals surface area contributed by atoms with Gasteiger partial charge in [-0.3, -0.25) is 4.79 Å².